The Kier molecular flexibility index (Phi) is 7.08. The lowest BCUT2D eigenvalue weighted by atomic mass is 10.1. The Hall–Kier alpha value is -3.99. The third-order valence-corrected chi connectivity index (χ3v) is 5.85. The van der Waals surface area contributed by atoms with Crippen LogP contribution >= 0.6 is 0 Å². The highest BCUT2D eigenvalue weighted by Crippen LogP contribution is 2.29. The van der Waals surface area contributed by atoms with Gasteiger partial charge in [0.25, 0.3) is 5.90 Å². The Morgan fingerprint density at radius 2 is 1.86 bits per heavy atom. The van der Waals surface area contributed by atoms with E-state index in [1.54, 1.807) is 37.7 Å². The van der Waals surface area contributed by atoms with Crippen molar-refractivity contribution in [3.8, 4) is 16.9 Å². The average Bonchev–Trinajstić information content (AvgIpc) is 3.56. The first-order chi connectivity index (χ1) is 17.6. The zero-order chi connectivity index (χ0) is 24.9. The van der Waals surface area contributed by atoms with Gasteiger partial charge >= 0.3 is 0 Å². The zero-order valence-corrected chi connectivity index (χ0v) is 20.0. The predicted octanol–water partition coefficient (Wildman–Crippen LogP) is 3.53. The Balaban J connectivity index is 1.43. The van der Waals surface area contributed by atoms with Gasteiger partial charge in [-0.05, 0) is 42.4 Å². The van der Waals surface area contributed by atoms with Gasteiger partial charge in [0, 0.05) is 38.2 Å². The summed E-state index contributed by atoms with van der Waals surface area (Å²) in [6.07, 6.45) is 2.90. The van der Waals surface area contributed by atoms with Crippen molar-refractivity contribution in [3.05, 3.63) is 95.7 Å². The minimum absolute atomic E-state index is 0.275. The monoisotopic (exact) mass is 487 g/mol. The average molecular weight is 488 g/mol. The van der Waals surface area contributed by atoms with Crippen LogP contribution in [0.1, 0.15) is 23.0 Å². The van der Waals surface area contributed by atoms with Crippen molar-refractivity contribution in [1.29, 1.82) is 0 Å². The van der Waals surface area contributed by atoms with Gasteiger partial charge in [0.15, 0.2) is 11.9 Å². The molecule has 4 aromatic rings. The third kappa shape index (κ3) is 5.01. The first kappa shape index (κ1) is 23.7. The Bertz CT molecular complexity index is 1340. The van der Waals surface area contributed by atoms with E-state index in [2.05, 4.69) is 44.9 Å². The Labute approximate surface area is 208 Å². The van der Waals surface area contributed by atoms with Crippen LogP contribution in [0.3, 0.4) is 0 Å². The molecule has 0 amide bonds. The highest BCUT2D eigenvalue weighted by molar-refractivity contribution is 5.98. The summed E-state index contributed by atoms with van der Waals surface area (Å²) >= 11 is 0. The summed E-state index contributed by atoms with van der Waals surface area (Å²) < 4.78 is 21.2. The molecule has 0 bridgehead atoms. The number of likely N-dealkylation sites (N-methyl/N-ethyl adjacent to an activating group) is 1. The molecule has 2 aromatic carbocycles. The molecule has 184 valence electrons. The molecule has 1 aliphatic rings. The second kappa shape index (κ2) is 10.7. The topological polar surface area (TPSA) is 89.7 Å². The minimum atomic E-state index is -0.414. The molecule has 0 radical (unpaired) electrons. The molecule has 0 saturated heterocycles. The van der Waals surface area contributed by atoms with Gasteiger partial charge in [-0.25, -0.2) is 14.1 Å². The van der Waals surface area contributed by atoms with E-state index in [4.69, 9.17) is 14.6 Å². The summed E-state index contributed by atoms with van der Waals surface area (Å²) in [4.78, 5) is 16.7. The van der Waals surface area contributed by atoms with Crippen molar-refractivity contribution in [1.82, 2.24) is 30.4 Å². The number of benzene rings is 2. The van der Waals surface area contributed by atoms with Crippen LogP contribution in [0.25, 0.3) is 16.9 Å². The molecule has 0 saturated carbocycles. The molecule has 36 heavy (non-hydrogen) atoms. The lowest BCUT2D eigenvalue weighted by molar-refractivity contribution is 0.158. The molecular weight excluding hydrogens is 461 g/mol. The number of hydrogen-bond donors (Lipinski definition) is 1. The van der Waals surface area contributed by atoms with Gasteiger partial charge in [-0.3, -0.25) is 9.88 Å². The summed E-state index contributed by atoms with van der Waals surface area (Å²) in [7, 11) is 3.76. The first-order valence-corrected chi connectivity index (χ1v) is 11.5. The fourth-order valence-corrected chi connectivity index (χ4v) is 3.96. The maximum absolute atomic E-state index is 14.6. The Morgan fingerprint density at radius 1 is 1.08 bits per heavy atom. The van der Waals surface area contributed by atoms with Crippen LogP contribution in [0.4, 0.5) is 4.39 Å². The highest BCUT2D eigenvalue weighted by atomic mass is 19.1. The molecule has 5 rings (SSSR count). The molecule has 1 unspecified atom stereocenters. The predicted molar refractivity (Wildman–Crippen MR) is 133 cm³/mol. The summed E-state index contributed by atoms with van der Waals surface area (Å²) in [5.41, 5.74) is 7.07. The number of hydroxylamine groups is 1. The number of aliphatic imine (C=N–C) groups is 1. The third-order valence-electron chi connectivity index (χ3n) is 5.85. The van der Waals surface area contributed by atoms with Crippen LogP contribution in [-0.4, -0.2) is 58.1 Å². The van der Waals surface area contributed by atoms with Crippen LogP contribution in [0, 0.1) is 5.82 Å². The van der Waals surface area contributed by atoms with E-state index in [9.17, 15) is 4.39 Å². The van der Waals surface area contributed by atoms with Crippen LogP contribution in [0.2, 0.25) is 0 Å². The number of halogens is 1. The van der Waals surface area contributed by atoms with E-state index >= 15 is 0 Å². The number of aromatic nitrogens is 4. The van der Waals surface area contributed by atoms with Crippen molar-refractivity contribution in [2.24, 2.45) is 4.99 Å². The number of ether oxygens (including phenoxy) is 1. The molecule has 1 N–H and O–H groups in total. The maximum Gasteiger partial charge on any atom is 0.265 e. The summed E-state index contributed by atoms with van der Waals surface area (Å²) in [6, 6.07) is 18.2. The molecule has 0 spiro atoms. The van der Waals surface area contributed by atoms with Gasteiger partial charge in [-0.2, -0.15) is 0 Å². The number of nitrogens with one attached hydrogen (secondary N) is 1. The SMILES string of the molecule is COCCN(C)Cc1ccc(C2N=C(c3nnn(-c4ccccc4F)c3-c3ccncc3)ON2)cc1. The number of nitrogens with zero attached hydrogens (tertiary/aromatic N) is 6. The number of para-hydroxylation sites is 1. The smallest absolute Gasteiger partial charge is 0.265 e. The van der Waals surface area contributed by atoms with E-state index in [-0.39, 0.29) is 11.6 Å². The van der Waals surface area contributed by atoms with Crippen LogP contribution < -0.4 is 5.48 Å². The number of methoxy groups -OCH3 is 1. The lowest BCUT2D eigenvalue weighted by Crippen LogP contribution is -2.22. The van der Waals surface area contributed by atoms with E-state index in [0.29, 0.717) is 18.0 Å². The van der Waals surface area contributed by atoms with Gasteiger partial charge in [0.2, 0.25) is 0 Å². The standard InChI is InChI=1S/C26H26FN7O2/c1-33(15-16-35-2)17-18-7-9-20(10-8-18)25-29-26(36-31-25)23-24(19-11-13-28-14-12-19)34(32-30-23)22-6-4-3-5-21(22)27/h3-14,25,31H,15-17H2,1-2H3. The van der Waals surface area contributed by atoms with Crippen LogP contribution in [-0.2, 0) is 16.1 Å². The molecular formula is C26H26FN7O2. The van der Waals surface area contributed by atoms with Gasteiger partial charge in [0.05, 0.1) is 6.61 Å². The highest BCUT2D eigenvalue weighted by Gasteiger charge is 2.29. The normalized spacial score (nSPS) is 15.2. The number of rotatable bonds is 9. The second-order valence-electron chi connectivity index (χ2n) is 8.41. The van der Waals surface area contributed by atoms with Crippen LogP contribution in [0.15, 0.2) is 78.0 Å². The van der Waals surface area contributed by atoms with Crippen LogP contribution in [0.5, 0.6) is 0 Å². The van der Waals surface area contributed by atoms with Gasteiger partial charge in [-0.15, -0.1) is 10.6 Å². The van der Waals surface area contributed by atoms with Crippen molar-refractivity contribution in [2.45, 2.75) is 12.7 Å². The molecule has 9 nitrogen and oxygen atoms in total. The minimum Gasteiger partial charge on any atom is -0.384 e. The molecule has 3 heterocycles. The molecule has 1 aliphatic heterocycles. The summed E-state index contributed by atoms with van der Waals surface area (Å²) in [5.74, 6) is -0.139. The molecule has 1 atom stereocenters. The van der Waals surface area contributed by atoms with E-state index < -0.39 is 12.0 Å². The zero-order valence-electron chi connectivity index (χ0n) is 20.0. The summed E-state index contributed by atoms with van der Waals surface area (Å²) in [6.45, 7) is 2.37. The van der Waals surface area contributed by atoms with Crippen molar-refractivity contribution < 1.29 is 14.0 Å². The molecule has 0 fully saturated rings. The fourth-order valence-electron chi connectivity index (χ4n) is 3.96. The fraction of sp³-hybridized carbons (Fsp3) is 0.231. The largest absolute Gasteiger partial charge is 0.384 e. The molecule has 10 heteroatoms. The van der Waals surface area contributed by atoms with Gasteiger partial charge in [-0.1, -0.05) is 41.6 Å². The molecule has 2 aromatic heterocycles. The van der Waals surface area contributed by atoms with Gasteiger partial charge < -0.3 is 9.57 Å². The van der Waals surface area contributed by atoms with E-state index in [1.165, 1.54) is 16.3 Å². The maximum atomic E-state index is 14.6. The first-order valence-electron chi connectivity index (χ1n) is 11.5. The van der Waals surface area contributed by atoms with Crippen molar-refractivity contribution in [3.63, 3.8) is 0 Å². The van der Waals surface area contributed by atoms with Crippen molar-refractivity contribution in [2.75, 3.05) is 27.3 Å². The van der Waals surface area contributed by atoms with E-state index in [0.717, 1.165) is 24.2 Å². The molecule has 0 aliphatic carbocycles. The van der Waals surface area contributed by atoms with E-state index in [1.807, 2.05) is 24.3 Å². The van der Waals surface area contributed by atoms with Crippen molar-refractivity contribution >= 4 is 5.90 Å². The Morgan fingerprint density at radius 3 is 2.61 bits per heavy atom. The summed E-state index contributed by atoms with van der Waals surface area (Å²) in [5, 5.41) is 8.54. The van der Waals surface area contributed by atoms with Gasteiger partial charge in [0.1, 0.15) is 17.2 Å². The quantitative estimate of drug-likeness (QED) is 0.386. The second-order valence-corrected chi connectivity index (χ2v) is 8.41. The number of hydrogen-bond acceptors (Lipinski definition) is 8. The lowest BCUT2D eigenvalue weighted by Gasteiger charge is -2.16. The number of pyridine rings is 1.